The van der Waals surface area contributed by atoms with E-state index in [1.165, 1.54) is 0 Å². The quantitative estimate of drug-likeness (QED) is 0.233. The standard InChI is InChI=1S/C32H35N5O3S/c1-19-17-24(20(2)36(19)21-10-13-23(38)14-11-21)29-28(26-9-7-8-16-33-26)35-31(41)37(29)22-12-15-25(27(18-22)40-6)34-30(39)32(3,4)5/h7-18,28-29,38H,1-6H3,(H,34,39)(H,35,41)/t28-,29+/m1/s1. The Morgan fingerprint density at radius 1 is 1.05 bits per heavy atom. The molecule has 212 valence electrons. The normalized spacial score (nSPS) is 16.9. The van der Waals surface area contributed by atoms with Crippen molar-refractivity contribution in [1.29, 1.82) is 0 Å². The van der Waals surface area contributed by atoms with Crippen LogP contribution in [0.4, 0.5) is 11.4 Å². The van der Waals surface area contributed by atoms with Crippen molar-refractivity contribution in [3.8, 4) is 17.2 Å². The maximum absolute atomic E-state index is 12.7. The summed E-state index contributed by atoms with van der Waals surface area (Å²) in [6, 6.07) is 20.5. The molecule has 3 heterocycles. The lowest BCUT2D eigenvalue weighted by molar-refractivity contribution is -0.123. The van der Waals surface area contributed by atoms with Gasteiger partial charge in [0.1, 0.15) is 11.5 Å². The fraction of sp³-hybridized carbons (Fsp3) is 0.281. The molecule has 41 heavy (non-hydrogen) atoms. The summed E-state index contributed by atoms with van der Waals surface area (Å²) in [5, 5.41) is 16.9. The molecule has 5 rings (SSSR count). The number of phenols is 1. The fourth-order valence-corrected chi connectivity index (χ4v) is 5.62. The molecule has 2 aromatic heterocycles. The Hall–Kier alpha value is -4.37. The third-order valence-electron chi connectivity index (χ3n) is 7.39. The van der Waals surface area contributed by atoms with Crippen LogP contribution in [0.1, 0.15) is 55.5 Å². The molecule has 1 fully saturated rings. The van der Waals surface area contributed by atoms with Gasteiger partial charge in [-0.05, 0) is 86.2 Å². The minimum absolute atomic E-state index is 0.100. The molecule has 0 bridgehead atoms. The molecule has 9 heteroatoms. The Labute approximate surface area is 246 Å². The zero-order valence-electron chi connectivity index (χ0n) is 24.1. The number of aryl methyl sites for hydroxylation is 1. The van der Waals surface area contributed by atoms with E-state index in [9.17, 15) is 9.90 Å². The maximum atomic E-state index is 12.7. The van der Waals surface area contributed by atoms with Crippen LogP contribution in [0.25, 0.3) is 5.69 Å². The van der Waals surface area contributed by atoms with Crippen molar-refractivity contribution in [1.82, 2.24) is 14.9 Å². The van der Waals surface area contributed by atoms with Crippen LogP contribution < -0.4 is 20.3 Å². The Morgan fingerprint density at radius 3 is 2.39 bits per heavy atom. The number of hydrogen-bond donors (Lipinski definition) is 3. The van der Waals surface area contributed by atoms with Crippen molar-refractivity contribution in [3.63, 3.8) is 0 Å². The van der Waals surface area contributed by atoms with E-state index in [-0.39, 0.29) is 23.7 Å². The van der Waals surface area contributed by atoms with Crippen LogP contribution in [-0.4, -0.2) is 32.8 Å². The van der Waals surface area contributed by atoms with Crippen molar-refractivity contribution < 1.29 is 14.6 Å². The molecule has 0 unspecified atom stereocenters. The lowest BCUT2D eigenvalue weighted by atomic mass is 9.95. The van der Waals surface area contributed by atoms with Gasteiger partial charge in [0.05, 0.1) is 30.6 Å². The third-order valence-corrected chi connectivity index (χ3v) is 7.70. The Balaban J connectivity index is 1.62. The smallest absolute Gasteiger partial charge is 0.229 e. The lowest BCUT2D eigenvalue weighted by Gasteiger charge is -2.29. The summed E-state index contributed by atoms with van der Waals surface area (Å²) in [5.74, 6) is 0.661. The first-order valence-electron chi connectivity index (χ1n) is 13.5. The van der Waals surface area contributed by atoms with Crippen LogP contribution in [0, 0.1) is 19.3 Å². The molecule has 0 saturated carbocycles. The summed E-state index contributed by atoms with van der Waals surface area (Å²) in [4.78, 5) is 19.5. The summed E-state index contributed by atoms with van der Waals surface area (Å²) < 4.78 is 7.90. The average molecular weight is 570 g/mol. The molecule has 2 aromatic carbocycles. The molecular formula is C32H35N5O3S. The number of ether oxygens (including phenoxy) is 1. The minimum Gasteiger partial charge on any atom is -0.508 e. The molecule has 1 aliphatic rings. The van der Waals surface area contributed by atoms with Crippen molar-refractivity contribution in [2.45, 2.75) is 46.7 Å². The maximum Gasteiger partial charge on any atom is 0.229 e. The van der Waals surface area contributed by atoms with Crippen LogP contribution in [0.3, 0.4) is 0 Å². The number of carbonyl (C=O) groups is 1. The summed E-state index contributed by atoms with van der Waals surface area (Å²) in [6.07, 6.45) is 1.79. The van der Waals surface area contributed by atoms with Crippen molar-refractivity contribution in [2.75, 3.05) is 17.3 Å². The van der Waals surface area contributed by atoms with Crippen LogP contribution in [-0.2, 0) is 4.79 Å². The number of benzene rings is 2. The van der Waals surface area contributed by atoms with Crippen molar-refractivity contribution >= 4 is 34.6 Å². The fourth-order valence-electron chi connectivity index (χ4n) is 5.28. The van der Waals surface area contributed by atoms with Gasteiger partial charge in [-0.3, -0.25) is 9.78 Å². The monoisotopic (exact) mass is 569 g/mol. The van der Waals surface area contributed by atoms with Gasteiger partial charge >= 0.3 is 0 Å². The number of methoxy groups -OCH3 is 1. The van der Waals surface area contributed by atoms with Gasteiger partial charge in [0.2, 0.25) is 5.91 Å². The number of nitrogens with zero attached hydrogens (tertiary/aromatic N) is 3. The minimum atomic E-state index is -0.550. The number of thiocarbonyl (C=S) groups is 1. The molecule has 1 amide bonds. The third kappa shape index (κ3) is 5.37. The largest absolute Gasteiger partial charge is 0.508 e. The number of amides is 1. The lowest BCUT2D eigenvalue weighted by Crippen LogP contribution is -2.30. The van der Waals surface area contributed by atoms with Crippen molar-refractivity contribution in [3.05, 3.63) is 95.6 Å². The second-order valence-corrected chi connectivity index (χ2v) is 11.7. The number of anilines is 2. The number of rotatable bonds is 6. The molecule has 0 spiro atoms. The highest BCUT2D eigenvalue weighted by Crippen LogP contribution is 2.45. The number of phenolic OH excluding ortho intramolecular Hbond substituents is 1. The van der Waals surface area contributed by atoms with Gasteiger partial charge in [0, 0.05) is 40.4 Å². The van der Waals surface area contributed by atoms with Gasteiger partial charge in [0.15, 0.2) is 5.11 Å². The molecule has 1 aliphatic heterocycles. The molecular weight excluding hydrogens is 534 g/mol. The van der Waals surface area contributed by atoms with E-state index in [0.29, 0.717) is 16.5 Å². The predicted molar refractivity (Wildman–Crippen MR) is 166 cm³/mol. The highest BCUT2D eigenvalue weighted by molar-refractivity contribution is 7.80. The second-order valence-electron chi connectivity index (χ2n) is 11.3. The number of nitrogens with one attached hydrogen (secondary N) is 2. The van der Waals surface area contributed by atoms with Crippen LogP contribution in [0.2, 0.25) is 0 Å². The number of aromatic nitrogens is 2. The van der Waals surface area contributed by atoms with Crippen LogP contribution >= 0.6 is 12.2 Å². The summed E-state index contributed by atoms with van der Waals surface area (Å²) >= 11 is 5.94. The van der Waals surface area contributed by atoms with E-state index >= 15 is 0 Å². The molecule has 1 saturated heterocycles. The van der Waals surface area contributed by atoms with Gasteiger partial charge in [-0.25, -0.2) is 0 Å². The number of hydrogen-bond acceptors (Lipinski definition) is 5. The summed E-state index contributed by atoms with van der Waals surface area (Å²) in [6.45, 7) is 9.77. The highest BCUT2D eigenvalue weighted by Gasteiger charge is 2.42. The zero-order valence-corrected chi connectivity index (χ0v) is 24.9. The number of carbonyl (C=O) groups excluding carboxylic acids is 1. The molecule has 3 N–H and O–H groups in total. The first kappa shape index (κ1) is 28.2. The average Bonchev–Trinajstić information content (AvgIpc) is 3.44. The second kappa shape index (κ2) is 10.9. The Kier molecular flexibility index (Phi) is 7.48. The first-order chi connectivity index (χ1) is 19.5. The Morgan fingerprint density at radius 2 is 1.76 bits per heavy atom. The van der Waals surface area contributed by atoms with Gasteiger partial charge < -0.3 is 29.9 Å². The number of aromatic hydroxyl groups is 1. The van der Waals surface area contributed by atoms with Gasteiger partial charge in [-0.2, -0.15) is 0 Å². The summed E-state index contributed by atoms with van der Waals surface area (Å²) in [7, 11) is 1.59. The Bertz CT molecular complexity index is 1590. The molecule has 0 aliphatic carbocycles. The van der Waals surface area contributed by atoms with E-state index in [1.807, 2.05) is 69.3 Å². The topological polar surface area (TPSA) is 91.7 Å². The van der Waals surface area contributed by atoms with E-state index in [0.717, 1.165) is 34.0 Å². The molecule has 0 radical (unpaired) electrons. The SMILES string of the molecule is COc1cc(N2C(=S)N[C@H](c3ccccn3)[C@@H]2c2cc(C)n(-c3ccc(O)cc3)c2C)ccc1NC(=O)C(C)(C)C. The van der Waals surface area contributed by atoms with E-state index in [2.05, 4.69) is 45.0 Å². The van der Waals surface area contributed by atoms with E-state index < -0.39 is 5.41 Å². The van der Waals surface area contributed by atoms with Gasteiger partial charge in [0.25, 0.3) is 0 Å². The predicted octanol–water partition coefficient (Wildman–Crippen LogP) is 6.37. The van der Waals surface area contributed by atoms with Crippen molar-refractivity contribution in [2.24, 2.45) is 5.41 Å². The summed E-state index contributed by atoms with van der Waals surface area (Å²) in [5.41, 5.74) is 5.89. The highest BCUT2D eigenvalue weighted by atomic mass is 32.1. The van der Waals surface area contributed by atoms with E-state index in [4.69, 9.17) is 17.0 Å². The molecule has 4 aromatic rings. The zero-order chi connectivity index (χ0) is 29.5. The van der Waals surface area contributed by atoms with Crippen LogP contribution in [0.15, 0.2) is 72.9 Å². The van der Waals surface area contributed by atoms with Gasteiger partial charge in [-0.15, -0.1) is 0 Å². The van der Waals surface area contributed by atoms with Gasteiger partial charge in [-0.1, -0.05) is 26.8 Å². The van der Waals surface area contributed by atoms with E-state index in [1.54, 1.807) is 25.4 Å². The number of pyridine rings is 1. The molecule has 8 nitrogen and oxygen atoms in total. The first-order valence-corrected chi connectivity index (χ1v) is 13.9. The van der Waals surface area contributed by atoms with Crippen LogP contribution in [0.5, 0.6) is 11.5 Å². The molecule has 2 atom stereocenters.